The van der Waals surface area contributed by atoms with Crippen LogP contribution >= 0.6 is 0 Å². The molecule has 0 aliphatic carbocycles. The Balaban J connectivity index is 1.41. The summed E-state index contributed by atoms with van der Waals surface area (Å²) in [5.41, 5.74) is 1.58. The molecule has 33 heavy (non-hydrogen) atoms. The van der Waals surface area contributed by atoms with Gasteiger partial charge >= 0.3 is 0 Å². The Morgan fingerprint density at radius 2 is 1.79 bits per heavy atom. The van der Waals surface area contributed by atoms with Crippen LogP contribution in [0.4, 0.5) is 5.69 Å². The minimum absolute atomic E-state index is 0.0158. The molecule has 3 N–H and O–H groups in total. The molecule has 0 spiro atoms. The number of aromatic nitrogens is 4. The number of ether oxygens (including phenoxy) is 2. The van der Waals surface area contributed by atoms with Gasteiger partial charge < -0.3 is 19.9 Å². The standard InChI is InChI=1S/C23H27N5O5/c1-3-6-19-20(12-11-18(15(2)29)21(19)30)33-14-5-4-13-32-17-9-7-16(8-10-17)24-23(31)22-25-27-28-26-22/h7-12,30H,3-6,13-14H2,1-2H3,(H,24,31)(H,25,26,27,28). The molecule has 10 nitrogen and oxygen atoms in total. The number of carbonyl (C=O) groups excluding carboxylic acids is 2. The van der Waals surface area contributed by atoms with Crippen molar-refractivity contribution in [1.29, 1.82) is 0 Å². The van der Waals surface area contributed by atoms with Gasteiger partial charge in [-0.3, -0.25) is 9.59 Å². The Morgan fingerprint density at radius 3 is 2.42 bits per heavy atom. The monoisotopic (exact) mass is 453 g/mol. The number of hydrogen-bond donors (Lipinski definition) is 3. The van der Waals surface area contributed by atoms with Gasteiger partial charge in [0.25, 0.3) is 11.7 Å². The SMILES string of the molecule is CCCc1c(OCCCCOc2ccc(NC(=O)c3nn[nH]n3)cc2)ccc(C(C)=O)c1O. The molecule has 0 aliphatic heterocycles. The van der Waals surface area contributed by atoms with E-state index in [-0.39, 0.29) is 17.4 Å². The number of ketones is 1. The van der Waals surface area contributed by atoms with Gasteiger partial charge in [-0.25, -0.2) is 0 Å². The van der Waals surface area contributed by atoms with E-state index < -0.39 is 5.91 Å². The second kappa shape index (κ2) is 11.6. The van der Waals surface area contributed by atoms with Gasteiger partial charge in [-0.2, -0.15) is 5.21 Å². The van der Waals surface area contributed by atoms with Gasteiger partial charge in [-0.05, 0) is 67.8 Å². The van der Waals surface area contributed by atoms with Gasteiger partial charge in [-0.15, -0.1) is 10.2 Å². The fourth-order valence-electron chi connectivity index (χ4n) is 3.18. The lowest BCUT2D eigenvalue weighted by molar-refractivity contribution is 0.100. The van der Waals surface area contributed by atoms with E-state index >= 15 is 0 Å². The van der Waals surface area contributed by atoms with E-state index in [2.05, 4.69) is 25.9 Å². The van der Waals surface area contributed by atoms with E-state index in [0.29, 0.717) is 47.9 Å². The zero-order valence-corrected chi connectivity index (χ0v) is 18.6. The van der Waals surface area contributed by atoms with Crippen LogP contribution < -0.4 is 14.8 Å². The molecule has 1 amide bonds. The Kier molecular flexibility index (Phi) is 8.34. The lowest BCUT2D eigenvalue weighted by Crippen LogP contribution is -2.13. The largest absolute Gasteiger partial charge is 0.507 e. The third-order valence-corrected chi connectivity index (χ3v) is 4.84. The second-order valence-electron chi connectivity index (χ2n) is 7.36. The summed E-state index contributed by atoms with van der Waals surface area (Å²) in [6.07, 6.45) is 3.01. The van der Waals surface area contributed by atoms with Crippen LogP contribution in [0.3, 0.4) is 0 Å². The Labute approximate surface area is 191 Å². The van der Waals surface area contributed by atoms with Crippen molar-refractivity contribution in [2.45, 2.75) is 39.5 Å². The lowest BCUT2D eigenvalue weighted by Gasteiger charge is -2.14. The van der Waals surface area contributed by atoms with E-state index in [1.807, 2.05) is 6.92 Å². The number of carbonyl (C=O) groups is 2. The summed E-state index contributed by atoms with van der Waals surface area (Å²) in [5.74, 6) is 0.647. The van der Waals surface area contributed by atoms with E-state index in [4.69, 9.17) is 9.47 Å². The predicted octanol–water partition coefficient (Wildman–Crippen LogP) is 3.55. The minimum Gasteiger partial charge on any atom is -0.507 e. The van der Waals surface area contributed by atoms with E-state index in [0.717, 1.165) is 19.3 Å². The average molecular weight is 453 g/mol. The zero-order valence-electron chi connectivity index (χ0n) is 18.6. The minimum atomic E-state index is -0.455. The molecular weight excluding hydrogens is 426 g/mol. The Hall–Kier alpha value is -3.95. The number of rotatable bonds is 12. The van der Waals surface area contributed by atoms with Crippen molar-refractivity contribution < 1.29 is 24.2 Å². The number of benzene rings is 2. The first-order valence-electron chi connectivity index (χ1n) is 10.8. The highest BCUT2D eigenvalue weighted by Crippen LogP contribution is 2.33. The molecule has 1 aromatic heterocycles. The molecular formula is C23H27N5O5. The van der Waals surface area contributed by atoms with Crippen molar-refractivity contribution in [3.63, 3.8) is 0 Å². The molecule has 0 fully saturated rings. The highest BCUT2D eigenvalue weighted by molar-refractivity contribution is 6.01. The summed E-state index contributed by atoms with van der Waals surface area (Å²) in [6, 6.07) is 10.3. The summed E-state index contributed by atoms with van der Waals surface area (Å²) < 4.78 is 11.6. The third kappa shape index (κ3) is 6.52. The normalized spacial score (nSPS) is 10.6. The first-order chi connectivity index (χ1) is 16.0. The summed E-state index contributed by atoms with van der Waals surface area (Å²) in [5, 5.41) is 25.9. The number of phenolic OH excluding ortho intramolecular Hbond substituents is 1. The van der Waals surface area contributed by atoms with Gasteiger partial charge in [0.05, 0.1) is 18.8 Å². The number of hydrogen-bond acceptors (Lipinski definition) is 8. The molecule has 10 heteroatoms. The van der Waals surface area contributed by atoms with Crippen LogP contribution in [0.5, 0.6) is 17.2 Å². The van der Waals surface area contributed by atoms with Gasteiger partial charge in [-0.1, -0.05) is 13.3 Å². The summed E-state index contributed by atoms with van der Waals surface area (Å²) in [6.45, 7) is 4.43. The predicted molar refractivity (Wildman–Crippen MR) is 121 cm³/mol. The molecule has 2 aromatic carbocycles. The van der Waals surface area contributed by atoms with Crippen molar-refractivity contribution >= 4 is 17.4 Å². The number of tetrazole rings is 1. The molecule has 1 heterocycles. The second-order valence-corrected chi connectivity index (χ2v) is 7.36. The molecule has 0 bridgehead atoms. The molecule has 174 valence electrons. The molecule has 0 saturated heterocycles. The number of unbranched alkanes of at least 4 members (excludes halogenated alkanes) is 1. The molecule has 3 rings (SSSR count). The van der Waals surface area contributed by atoms with E-state index in [1.54, 1.807) is 36.4 Å². The Morgan fingerprint density at radius 1 is 1.06 bits per heavy atom. The van der Waals surface area contributed by atoms with Gasteiger partial charge in [0.1, 0.15) is 17.2 Å². The maximum absolute atomic E-state index is 11.9. The number of nitrogens with zero attached hydrogens (tertiary/aromatic N) is 3. The summed E-state index contributed by atoms with van der Waals surface area (Å²) >= 11 is 0. The van der Waals surface area contributed by atoms with Crippen LogP contribution in [0.1, 0.15) is 59.7 Å². The fourth-order valence-corrected chi connectivity index (χ4v) is 3.18. The first kappa shape index (κ1) is 23.7. The van der Waals surface area contributed by atoms with Crippen molar-refractivity contribution in [2.75, 3.05) is 18.5 Å². The molecule has 3 aromatic rings. The fraction of sp³-hybridized carbons (Fsp3) is 0.348. The topological polar surface area (TPSA) is 139 Å². The molecule has 0 radical (unpaired) electrons. The maximum atomic E-state index is 11.9. The van der Waals surface area contributed by atoms with Crippen LogP contribution in [0, 0.1) is 0 Å². The van der Waals surface area contributed by atoms with Crippen molar-refractivity contribution in [3.8, 4) is 17.2 Å². The van der Waals surface area contributed by atoms with Gasteiger partial charge in [0.2, 0.25) is 0 Å². The maximum Gasteiger partial charge on any atom is 0.297 e. The average Bonchev–Trinajstić information content (AvgIpc) is 3.34. The molecule has 0 aliphatic rings. The molecule has 0 unspecified atom stereocenters. The molecule has 0 atom stereocenters. The number of amides is 1. The first-order valence-corrected chi connectivity index (χ1v) is 10.8. The Bertz CT molecular complexity index is 1070. The van der Waals surface area contributed by atoms with Crippen LogP contribution in [-0.2, 0) is 6.42 Å². The van der Waals surface area contributed by atoms with Crippen molar-refractivity contribution in [1.82, 2.24) is 20.6 Å². The van der Waals surface area contributed by atoms with Crippen molar-refractivity contribution in [3.05, 3.63) is 53.3 Å². The van der Waals surface area contributed by atoms with Crippen LogP contribution in [0.2, 0.25) is 0 Å². The highest BCUT2D eigenvalue weighted by atomic mass is 16.5. The lowest BCUT2D eigenvalue weighted by atomic mass is 10.0. The van der Waals surface area contributed by atoms with Crippen LogP contribution in [-0.4, -0.2) is 50.6 Å². The van der Waals surface area contributed by atoms with Crippen LogP contribution in [0.15, 0.2) is 36.4 Å². The zero-order chi connectivity index (χ0) is 23.6. The number of aromatic amines is 1. The molecule has 0 saturated carbocycles. The number of Topliss-reactive ketones (excluding diaryl/α,β-unsaturated/α-hetero) is 1. The van der Waals surface area contributed by atoms with E-state index in [9.17, 15) is 14.7 Å². The number of nitrogens with one attached hydrogen (secondary N) is 2. The summed E-state index contributed by atoms with van der Waals surface area (Å²) in [7, 11) is 0. The highest BCUT2D eigenvalue weighted by Gasteiger charge is 2.16. The third-order valence-electron chi connectivity index (χ3n) is 4.84. The summed E-state index contributed by atoms with van der Waals surface area (Å²) in [4.78, 5) is 23.5. The smallest absolute Gasteiger partial charge is 0.297 e. The van der Waals surface area contributed by atoms with Gasteiger partial charge in [0, 0.05) is 11.3 Å². The van der Waals surface area contributed by atoms with Crippen LogP contribution in [0.25, 0.3) is 0 Å². The number of anilines is 1. The van der Waals surface area contributed by atoms with Crippen molar-refractivity contribution in [2.24, 2.45) is 0 Å². The number of phenols is 1. The number of H-pyrrole nitrogens is 1. The quantitative estimate of drug-likeness (QED) is 0.279. The number of aromatic hydroxyl groups is 1. The van der Waals surface area contributed by atoms with Gasteiger partial charge in [0.15, 0.2) is 5.78 Å². The van der Waals surface area contributed by atoms with E-state index in [1.165, 1.54) is 6.92 Å².